The molecule has 0 N–H and O–H groups in total. The highest BCUT2D eigenvalue weighted by Gasteiger charge is 2.11. The Morgan fingerprint density at radius 2 is 1.63 bits per heavy atom. The SMILES string of the molecule is COc1cc(/C=C/c2ccco2)cc(OC)c1OC. The fourth-order valence-electron chi connectivity index (χ4n) is 1.76. The molecular formula is C15H16O4. The zero-order valence-electron chi connectivity index (χ0n) is 11.2. The molecule has 0 fully saturated rings. The largest absolute Gasteiger partial charge is 0.493 e. The van der Waals surface area contributed by atoms with Crippen LogP contribution in [0.2, 0.25) is 0 Å². The number of furan rings is 1. The average molecular weight is 260 g/mol. The first kappa shape index (κ1) is 13.1. The Kier molecular flexibility index (Phi) is 4.13. The first-order valence-electron chi connectivity index (χ1n) is 5.80. The molecule has 0 aliphatic heterocycles. The van der Waals surface area contributed by atoms with Crippen molar-refractivity contribution in [2.75, 3.05) is 21.3 Å². The van der Waals surface area contributed by atoms with E-state index < -0.39 is 0 Å². The van der Waals surface area contributed by atoms with Crippen LogP contribution in [0.15, 0.2) is 34.9 Å². The van der Waals surface area contributed by atoms with Crippen LogP contribution < -0.4 is 14.2 Å². The summed E-state index contributed by atoms with van der Waals surface area (Å²) in [5.74, 6) is 2.62. The number of hydrogen-bond acceptors (Lipinski definition) is 4. The summed E-state index contributed by atoms with van der Waals surface area (Å²) in [5.41, 5.74) is 0.936. The predicted octanol–water partition coefficient (Wildman–Crippen LogP) is 3.48. The van der Waals surface area contributed by atoms with E-state index in [0.717, 1.165) is 11.3 Å². The molecule has 2 rings (SSSR count). The van der Waals surface area contributed by atoms with E-state index in [-0.39, 0.29) is 0 Å². The van der Waals surface area contributed by atoms with Gasteiger partial charge >= 0.3 is 0 Å². The maximum atomic E-state index is 5.29. The fraction of sp³-hybridized carbons (Fsp3) is 0.200. The van der Waals surface area contributed by atoms with Crippen molar-refractivity contribution in [3.63, 3.8) is 0 Å². The van der Waals surface area contributed by atoms with Gasteiger partial charge in [-0.1, -0.05) is 6.08 Å². The Bertz CT molecular complexity index is 531. The second kappa shape index (κ2) is 6.00. The minimum atomic E-state index is 0.583. The zero-order valence-corrected chi connectivity index (χ0v) is 11.2. The van der Waals surface area contributed by atoms with Crippen LogP contribution in [0.25, 0.3) is 12.2 Å². The van der Waals surface area contributed by atoms with E-state index in [4.69, 9.17) is 18.6 Å². The second-order valence-corrected chi connectivity index (χ2v) is 3.81. The molecule has 2 aromatic rings. The summed E-state index contributed by atoms with van der Waals surface area (Å²) in [5, 5.41) is 0. The summed E-state index contributed by atoms with van der Waals surface area (Å²) in [6.07, 6.45) is 5.43. The molecule has 1 aromatic carbocycles. The Morgan fingerprint density at radius 3 is 2.11 bits per heavy atom. The summed E-state index contributed by atoms with van der Waals surface area (Å²) in [4.78, 5) is 0. The molecule has 1 heterocycles. The van der Waals surface area contributed by atoms with Crippen molar-refractivity contribution in [2.45, 2.75) is 0 Å². The van der Waals surface area contributed by atoms with Gasteiger partial charge < -0.3 is 18.6 Å². The number of hydrogen-bond donors (Lipinski definition) is 0. The zero-order chi connectivity index (χ0) is 13.7. The molecule has 0 unspecified atom stereocenters. The number of benzene rings is 1. The molecule has 0 saturated heterocycles. The van der Waals surface area contributed by atoms with E-state index >= 15 is 0 Å². The lowest BCUT2D eigenvalue weighted by molar-refractivity contribution is 0.324. The Hall–Kier alpha value is -2.36. The van der Waals surface area contributed by atoms with Crippen LogP contribution in [-0.2, 0) is 0 Å². The Morgan fingerprint density at radius 1 is 0.947 bits per heavy atom. The molecule has 100 valence electrons. The molecule has 0 aliphatic carbocycles. The van der Waals surface area contributed by atoms with Gasteiger partial charge in [0, 0.05) is 0 Å². The van der Waals surface area contributed by atoms with Gasteiger partial charge in [0.25, 0.3) is 0 Å². The van der Waals surface area contributed by atoms with Crippen molar-refractivity contribution < 1.29 is 18.6 Å². The van der Waals surface area contributed by atoms with Gasteiger partial charge in [0.1, 0.15) is 5.76 Å². The maximum Gasteiger partial charge on any atom is 0.203 e. The van der Waals surface area contributed by atoms with Crippen LogP contribution in [-0.4, -0.2) is 21.3 Å². The second-order valence-electron chi connectivity index (χ2n) is 3.81. The molecule has 0 spiro atoms. The van der Waals surface area contributed by atoms with Gasteiger partial charge in [0.05, 0.1) is 27.6 Å². The molecule has 0 aliphatic rings. The van der Waals surface area contributed by atoms with Gasteiger partial charge in [-0.3, -0.25) is 0 Å². The van der Waals surface area contributed by atoms with Crippen LogP contribution in [0.4, 0.5) is 0 Å². The third-order valence-corrected chi connectivity index (χ3v) is 2.67. The van der Waals surface area contributed by atoms with Crippen molar-refractivity contribution in [3.05, 3.63) is 41.9 Å². The summed E-state index contributed by atoms with van der Waals surface area (Å²) in [6.45, 7) is 0. The third-order valence-electron chi connectivity index (χ3n) is 2.67. The van der Waals surface area contributed by atoms with E-state index in [9.17, 15) is 0 Å². The molecule has 0 bridgehead atoms. The Balaban J connectivity index is 2.36. The first-order chi connectivity index (χ1) is 9.28. The quantitative estimate of drug-likeness (QED) is 0.825. The fourth-order valence-corrected chi connectivity index (χ4v) is 1.76. The van der Waals surface area contributed by atoms with E-state index in [1.54, 1.807) is 27.6 Å². The standard InChI is InChI=1S/C15H16O4/c1-16-13-9-11(6-7-12-5-4-8-19-12)10-14(17-2)15(13)18-3/h4-10H,1-3H3/b7-6+. The lowest BCUT2D eigenvalue weighted by Gasteiger charge is -2.12. The molecule has 1 aromatic heterocycles. The third kappa shape index (κ3) is 2.91. The van der Waals surface area contributed by atoms with Gasteiger partial charge in [0.2, 0.25) is 5.75 Å². The lowest BCUT2D eigenvalue weighted by atomic mass is 10.1. The van der Waals surface area contributed by atoms with Crippen molar-refractivity contribution in [1.29, 1.82) is 0 Å². The first-order valence-corrected chi connectivity index (χ1v) is 5.80. The maximum absolute atomic E-state index is 5.29. The van der Waals surface area contributed by atoms with Gasteiger partial charge in [-0.15, -0.1) is 0 Å². The van der Waals surface area contributed by atoms with E-state index in [1.165, 1.54) is 0 Å². The van der Waals surface area contributed by atoms with Crippen LogP contribution in [0.3, 0.4) is 0 Å². The molecule has 0 atom stereocenters. The molecule has 4 nitrogen and oxygen atoms in total. The van der Waals surface area contributed by atoms with Gasteiger partial charge in [-0.05, 0) is 35.9 Å². The molecule has 19 heavy (non-hydrogen) atoms. The normalized spacial score (nSPS) is 10.7. The van der Waals surface area contributed by atoms with Crippen molar-refractivity contribution in [1.82, 2.24) is 0 Å². The van der Waals surface area contributed by atoms with Crippen molar-refractivity contribution in [3.8, 4) is 17.2 Å². The minimum Gasteiger partial charge on any atom is -0.493 e. The molecular weight excluding hydrogens is 244 g/mol. The Labute approximate surface area is 112 Å². The lowest BCUT2D eigenvalue weighted by Crippen LogP contribution is -1.95. The monoisotopic (exact) mass is 260 g/mol. The summed E-state index contributed by atoms with van der Waals surface area (Å²) in [6, 6.07) is 7.48. The summed E-state index contributed by atoms with van der Waals surface area (Å²) in [7, 11) is 4.77. The van der Waals surface area contributed by atoms with Gasteiger partial charge in [-0.25, -0.2) is 0 Å². The molecule has 0 saturated carbocycles. The molecule has 0 radical (unpaired) electrons. The number of ether oxygens (including phenoxy) is 3. The topological polar surface area (TPSA) is 40.8 Å². The van der Waals surface area contributed by atoms with Crippen LogP contribution in [0.1, 0.15) is 11.3 Å². The molecule has 0 amide bonds. The molecule has 4 heteroatoms. The van der Waals surface area contributed by atoms with Crippen LogP contribution >= 0.6 is 0 Å². The predicted molar refractivity (Wildman–Crippen MR) is 73.7 cm³/mol. The minimum absolute atomic E-state index is 0.583. The van der Waals surface area contributed by atoms with E-state index in [0.29, 0.717) is 17.2 Å². The highest BCUT2D eigenvalue weighted by atomic mass is 16.5. The van der Waals surface area contributed by atoms with Crippen LogP contribution in [0, 0.1) is 0 Å². The van der Waals surface area contributed by atoms with Crippen molar-refractivity contribution >= 4 is 12.2 Å². The van der Waals surface area contributed by atoms with Gasteiger partial charge in [0.15, 0.2) is 11.5 Å². The van der Waals surface area contributed by atoms with E-state index in [2.05, 4.69) is 0 Å². The highest BCUT2D eigenvalue weighted by molar-refractivity contribution is 5.71. The number of rotatable bonds is 5. The average Bonchev–Trinajstić information content (AvgIpc) is 2.97. The summed E-state index contributed by atoms with van der Waals surface area (Å²) >= 11 is 0. The van der Waals surface area contributed by atoms with E-state index in [1.807, 2.05) is 36.4 Å². The van der Waals surface area contributed by atoms with Crippen LogP contribution in [0.5, 0.6) is 17.2 Å². The van der Waals surface area contributed by atoms with Gasteiger partial charge in [-0.2, -0.15) is 0 Å². The summed E-state index contributed by atoms with van der Waals surface area (Å²) < 4.78 is 21.1. The number of methoxy groups -OCH3 is 3. The highest BCUT2D eigenvalue weighted by Crippen LogP contribution is 2.38. The van der Waals surface area contributed by atoms with Crippen molar-refractivity contribution in [2.24, 2.45) is 0 Å². The smallest absolute Gasteiger partial charge is 0.203 e.